The molecule has 15 heavy (non-hydrogen) atoms. The highest BCUT2D eigenvalue weighted by molar-refractivity contribution is 5.71. The van der Waals surface area contributed by atoms with Crippen LogP contribution in [0.3, 0.4) is 0 Å². The zero-order valence-corrected chi connectivity index (χ0v) is 7.84. The summed E-state index contributed by atoms with van der Waals surface area (Å²) in [5, 5.41) is 19.7. The summed E-state index contributed by atoms with van der Waals surface area (Å²) in [5.74, 6) is -4.31. The van der Waals surface area contributed by atoms with Crippen molar-refractivity contribution in [1.82, 2.24) is 5.32 Å². The van der Waals surface area contributed by atoms with Crippen LogP contribution in [0, 0.1) is 5.92 Å². The van der Waals surface area contributed by atoms with Crippen LogP contribution in [0.15, 0.2) is 0 Å². The molecule has 1 unspecified atom stereocenters. The Labute approximate surface area is 84.1 Å². The Bertz CT molecular complexity index is 250. The topological polar surface area (TPSA) is 69.6 Å². The van der Waals surface area contributed by atoms with Crippen molar-refractivity contribution in [2.24, 2.45) is 5.92 Å². The van der Waals surface area contributed by atoms with Crippen LogP contribution in [-0.4, -0.2) is 41.0 Å². The summed E-state index contributed by atoms with van der Waals surface area (Å²) in [6.45, 7) is -0.962. The minimum Gasteiger partial charge on any atom is -0.481 e. The van der Waals surface area contributed by atoms with Gasteiger partial charge in [-0.25, -0.2) is 0 Å². The molecule has 0 radical (unpaired) electrons. The molecule has 7 heteroatoms. The van der Waals surface area contributed by atoms with E-state index in [1.807, 2.05) is 0 Å². The van der Waals surface area contributed by atoms with E-state index in [9.17, 15) is 18.0 Å². The van der Waals surface area contributed by atoms with Gasteiger partial charge in [-0.05, 0) is 12.8 Å². The van der Waals surface area contributed by atoms with Gasteiger partial charge in [-0.15, -0.1) is 0 Å². The number of aliphatic hydroxyl groups excluding tert-OH is 1. The summed E-state index contributed by atoms with van der Waals surface area (Å²) in [4.78, 5) is 10.3. The molecular formula is C8H12F3NO3. The van der Waals surface area contributed by atoms with Crippen molar-refractivity contribution in [2.75, 3.05) is 13.2 Å². The lowest BCUT2D eigenvalue weighted by Crippen LogP contribution is -2.45. The number of hydrogen-bond donors (Lipinski definition) is 3. The van der Waals surface area contributed by atoms with Crippen molar-refractivity contribution in [3.05, 3.63) is 0 Å². The Balaban J connectivity index is 2.50. The van der Waals surface area contributed by atoms with Crippen LogP contribution in [0.5, 0.6) is 0 Å². The van der Waals surface area contributed by atoms with Gasteiger partial charge in [0.15, 0.2) is 5.92 Å². The van der Waals surface area contributed by atoms with Gasteiger partial charge in [-0.3, -0.25) is 4.79 Å². The molecule has 1 rings (SSSR count). The number of aliphatic hydroxyl groups is 1. The molecule has 1 fully saturated rings. The average molecular weight is 227 g/mol. The summed E-state index contributed by atoms with van der Waals surface area (Å²) in [6.07, 6.45) is -3.61. The van der Waals surface area contributed by atoms with Crippen molar-refractivity contribution < 1.29 is 28.2 Å². The fourth-order valence-electron chi connectivity index (χ4n) is 1.20. The fraction of sp³-hybridized carbons (Fsp3) is 0.875. The Morgan fingerprint density at radius 2 is 2.00 bits per heavy atom. The van der Waals surface area contributed by atoms with Gasteiger partial charge < -0.3 is 15.5 Å². The second-order valence-corrected chi connectivity index (χ2v) is 3.75. The van der Waals surface area contributed by atoms with Gasteiger partial charge in [0.25, 0.3) is 0 Å². The number of aliphatic carboxylic acids is 1. The molecule has 0 amide bonds. The minimum atomic E-state index is -4.76. The second-order valence-electron chi connectivity index (χ2n) is 3.75. The molecule has 0 aromatic heterocycles. The first-order valence-electron chi connectivity index (χ1n) is 4.46. The molecule has 1 aliphatic carbocycles. The molecule has 0 aromatic rings. The van der Waals surface area contributed by atoms with Crippen LogP contribution in [0.25, 0.3) is 0 Å². The smallest absolute Gasteiger partial charge is 0.403 e. The number of hydrogen-bond acceptors (Lipinski definition) is 3. The fourth-order valence-corrected chi connectivity index (χ4v) is 1.20. The predicted molar refractivity (Wildman–Crippen MR) is 44.2 cm³/mol. The van der Waals surface area contributed by atoms with Crippen molar-refractivity contribution >= 4 is 5.97 Å². The minimum absolute atomic E-state index is 0.267. The first-order chi connectivity index (χ1) is 6.81. The standard InChI is InChI=1S/C8H12F3NO3/c9-8(10,11)5(6(14)15)3-12-7(4-13)1-2-7/h5,12-13H,1-4H2,(H,14,15). The van der Waals surface area contributed by atoms with Crippen molar-refractivity contribution in [3.63, 3.8) is 0 Å². The van der Waals surface area contributed by atoms with Gasteiger partial charge in [0, 0.05) is 12.1 Å². The Morgan fingerprint density at radius 3 is 2.27 bits per heavy atom. The molecule has 3 N–H and O–H groups in total. The van der Waals surface area contributed by atoms with E-state index in [0.717, 1.165) is 0 Å². The first-order valence-corrected chi connectivity index (χ1v) is 4.46. The molecule has 0 saturated heterocycles. The number of carboxylic acid groups (broad SMARTS) is 1. The first kappa shape index (κ1) is 12.3. The molecule has 88 valence electrons. The molecule has 1 atom stereocenters. The molecule has 1 aliphatic rings. The van der Waals surface area contributed by atoms with Crippen LogP contribution in [-0.2, 0) is 4.79 Å². The third-order valence-corrected chi connectivity index (χ3v) is 2.53. The molecule has 0 spiro atoms. The van der Waals surface area contributed by atoms with Crippen molar-refractivity contribution in [3.8, 4) is 0 Å². The van der Waals surface area contributed by atoms with E-state index in [1.165, 1.54) is 0 Å². The number of carbonyl (C=O) groups is 1. The van der Waals surface area contributed by atoms with Gasteiger partial charge >= 0.3 is 12.1 Å². The van der Waals surface area contributed by atoms with E-state index < -0.39 is 30.1 Å². The maximum absolute atomic E-state index is 12.2. The number of carboxylic acids is 1. The van der Waals surface area contributed by atoms with E-state index in [-0.39, 0.29) is 6.61 Å². The SMILES string of the molecule is O=C(O)C(CNC1(CO)CC1)C(F)(F)F. The molecule has 0 bridgehead atoms. The van der Waals surface area contributed by atoms with Gasteiger partial charge in [0.2, 0.25) is 0 Å². The van der Waals surface area contributed by atoms with E-state index in [4.69, 9.17) is 10.2 Å². The maximum Gasteiger partial charge on any atom is 0.403 e. The monoisotopic (exact) mass is 227 g/mol. The lowest BCUT2D eigenvalue weighted by Gasteiger charge is -2.20. The summed E-state index contributed by atoms with van der Waals surface area (Å²) in [7, 11) is 0. The third kappa shape index (κ3) is 3.07. The lowest BCUT2D eigenvalue weighted by molar-refractivity contribution is -0.192. The number of alkyl halides is 3. The van der Waals surface area contributed by atoms with Crippen molar-refractivity contribution in [2.45, 2.75) is 24.6 Å². The Hall–Kier alpha value is -0.820. The van der Waals surface area contributed by atoms with Gasteiger partial charge in [0.05, 0.1) is 6.61 Å². The predicted octanol–water partition coefficient (Wildman–Crippen LogP) is 0.364. The van der Waals surface area contributed by atoms with Gasteiger partial charge in [-0.1, -0.05) is 0 Å². The molecular weight excluding hydrogens is 215 g/mol. The van der Waals surface area contributed by atoms with Crippen LogP contribution in [0.1, 0.15) is 12.8 Å². The maximum atomic E-state index is 12.2. The molecule has 0 aromatic carbocycles. The normalized spacial score (nSPS) is 21.1. The van der Waals surface area contributed by atoms with Gasteiger partial charge in [-0.2, -0.15) is 13.2 Å². The average Bonchev–Trinajstić information content (AvgIpc) is 2.82. The molecule has 4 nitrogen and oxygen atoms in total. The third-order valence-electron chi connectivity index (χ3n) is 2.53. The highest BCUT2D eigenvalue weighted by Crippen LogP contribution is 2.35. The summed E-state index contributed by atoms with van der Waals surface area (Å²) in [6, 6.07) is 0. The second kappa shape index (κ2) is 3.97. The van der Waals surface area contributed by atoms with E-state index in [1.54, 1.807) is 0 Å². The van der Waals surface area contributed by atoms with Crippen LogP contribution < -0.4 is 5.32 Å². The number of rotatable bonds is 5. The molecule has 0 heterocycles. The highest BCUT2D eigenvalue weighted by Gasteiger charge is 2.48. The van der Waals surface area contributed by atoms with Crippen LogP contribution in [0.4, 0.5) is 13.2 Å². The number of nitrogens with one attached hydrogen (secondary N) is 1. The highest BCUT2D eigenvalue weighted by atomic mass is 19.4. The van der Waals surface area contributed by atoms with Crippen LogP contribution in [0.2, 0.25) is 0 Å². The summed E-state index contributed by atoms with van der Waals surface area (Å²) < 4.78 is 36.6. The lowest BCUT2D eigenvalue weighted by atomic mass is 10.1. The van der Waals surface area contributed by atoms with Crippen LogP contribution >= 0.6 is 0 Å². The summed E-state index contributed by atoms with van der Waals surface area (Å²) >= 11 is 0. The zero-order valence-electron chi connectivity index (χ0n) is 7.84. The quantitative estimate of drug-likeness (QED) is 0.634. The van der Waals surface area contributed by atoms with E-state index in [0.29, 0.717) is 12.8 Å². The van der Waals surface area contributed by atoms with Crippen molar-refractivity contribution in [1.29, 1.82) is 0 Å². The molecule has 1 saturated carbocycles. The van der Waals surface area contributed by atoms with E-state index >= 15 is 0 Å². The van der Waals surface area contributed by atoms with Gasteiger partial charge in [0.1, 0.15) is 0 Å². The Morgan fingerprint density at radius 1 is 1.47 bits per heavy atom. The Kier molecular flexibility index (Phi) is 3.25. The molecule has 0 aliphatic heterocycles. The van der Waals surface area contributed by atoms with E-state index in [2.05, 4.69) is 5.32 Å². The number of halogens is 3. The largest absolute Gasteiger partial charge is 0.481 e. The summed E-state index contributed by atoms with van der Waals surface area (Å²) in [5.41, 5.74) is -0.682. The zero-order chi connectivity index (χ0) is 11.7.